The van der Waals surface area contributed by atoms with E-state index in [2.05, 4.69) is 10.1 Å². The SMILES string of the molecule is CCc1noc(C2CCCN(S(=O)(=O)c3cccc(C#N)c3)C2)n1. The van der Waals surface area contributed by atoms with Crippen molar-refractivity contribution in [2.75, 3.05) is 13.1 Å². The summed E-state index contributed by atoms with van der Waals surface area (Å²) in [7, 11) is -3.64. The number of nitriles is 1. The van der Waals surface area contributed by atoms with Crippen molar-refractivity contribution in [3.05, 3.63) is 41.5 Å². The Labute approximate surface area is 141 Å². The second-order valence-electron chi connectivity index (χ2n) is 5.74. The molecular formula is C16H18N4O3S. The molecule has 1 atom stereocenters. The van der Waals surface area contributed by atoms with Crippen molar-refractivity contribution in [3.63, 3.8) is 0 Å². The third-order valence-corrected chi connectivity index (χ3v) is 6.00. The molecular weight excluding hydrogens is 328 g/mol. The van der Waals surface area contributed by atoms with Crippen LogP contribution in [0.5, 0.6) is 0 Å². The molecule has 0 spiro atoms. The average Bonchev–Trinajstić information content (AvgIpc) is 3.11. The van der Waals surface area contributed by atoms with Gasteiger partial charge in [0.25, 0.3) is 0 Å². The molecule has 2 aromatic rings. The van der Waals surface area contributed by atoms with Gasteiger partial charge in [0.1, 0.15) is 0 Å². The summed E-state index contributed by atoms with van der Waals surface area (Å²) in [5.74, 6) is 1.03. The molecule has 1 aliphatic heterocycles. The summed E-state index contributed by atoms with van der Waals surface area (Å²) in [4.78, 5) is 4.47. The summed E-state index contributed by atoms with van der Waals surface area (Å²) in [6.07, 6.45) is 2.22. The van der Waals surface area contributed by atoms with Crippen LogP contribution in [-0.4, -0.2) is 36.0 Å². The van der Waals surface area contributed by atoms with Crippen molar-refractivity contribution in [2.24, 2.45) is 0 Å². The minimum atomic E-state index is -3.64. The lowest BCUT2D eigenvalue weighted by Crippen LogP contribution is -2.39. The van der Waals surface area contributed by atoms with Crippen LogP contribution in [0.15, 0.2) is 33.7 Å². The van der Waals surface area contributed by atoms with Gasteiger partial charge in [-0.2, -0.15) is 14.6 Å². The first-order valence-corrected chi connectivity index (χ1v) is 9.31. The first kappa shape index (κ1) is 16.6. The Morgan fingerprint density at radius 3 is 3.00 bits per heavy atom. The van der Waals surface area contributed by atoms with Gasteiger partial charge in [0.2, 0.25) is 15.9 Å². The molecule has 7 nitrogen and oxygen atoms in total. The predicted octanol–water partition coefficient (Wildman–Crippen LogP) is 2.07. The number of aryl methyl sites for hydroxylation is 1. The van der Waals surface area contributed by atoms with Crippen LogP contribution in [0.4, 0.5) is 0 Å². The highest BCUT2D eigenvalue weighted by Gasteiger charge is 2.33. The predicted molar refractivity (Wildman–Crippen MR) is 85.6 cm³/mol. The van der Waals surface area contributed by atoms with Gasteiger partial charge in [0.05, 0.1) is 22.4 Å². The zero-order chi connectivity index (χ0) is 17.2. The van der Waals surface area contributed by atoms with Gasteiger partial charge in [-0.1, -0.05) is 18.1 Å². The topological polar surface area (TPSA) is 100 Å². The van der Waals surface area contributed by atoms with E-state index in [-0.39, 0.29) is 10.8 Å². The molecule has 1 unspecified atom stereocenters. The highest BCUT2D eigenvalue weighted by molar-refractivity contribution is 7.89. The molecule has 0 N–H and O–H groups in total. The van der Waals surface area contributed by atoms with Crippen LogP contribution in [0.3, 0.4) is 0 Å². The fraction of sp³-hybridized carbons (Fsp3) is 0.438. The number of rotatable bonds is 4. The molecule has 1 aromatic heterocycles. The van der Waals surface area contributed by atoms with Crippen LogP contribution in [-0.2, 0) is 16.4 Å². The Balaban J connectivity index is 1.84. The van der Waals surface area contributed by atoms with Crippen LogP contribution in [0.25, 0.3) is 0 Å². The maximum Gasteiger partial charge on any atom is 0.243 e. The van der Waals surface area contributed by atoms with Crippen molar-refractivity contribution >= 4 is 10.0 Å². The second kappa shape index (κ2) is 6.71. The van der Waals surface area contributed by atoms with Gasteiger partial charge in [-0.05, 0) is 31.0 Å². The number of nitrogens with zero attached hydrogens (tertiary/aromatic N) is 4. The number of sulfonamides is 1. The molecule has 0 radical (unpaired) electrons. The lowest BCUT2D eigenvalue weighted by molar-refractivity contribution is 0.265. The average molecular weight is 346 g/mol. The van der Waals surface area contributed by atoms with E-state index in [1.54, 1.807) is 12.1 Å². The van der Waals surface area contributed by atoms with Gasteiger partial charge in [-0.25, -0.2) is 8.42 Å². The lowest BCUT2D eigenvalue weighted by atomic mass is 10.00. The van der Waals surface area contributed by atoms with Crippen molar-refractivity contribution < 1.29 is 12.9 Å². The van der Waals surface area contributed by atoms with E-state index in [0.717, 1.165) is 12.8 Å². The second-order valence-corrected chi connectivity index (χ2v) is 7.68. The number of hydrogen-bond acceptors (Lipinski definition) is 6. The molecule has 1 aliphatic rings. The van der Waals surface area contributed by atoms with Crippen molar-refractivity contribution in [1.29, 1.82) is 5.26 Å². The van der Waals surface area contributed by atoms with E-state index in [9.17, 15) is 8.42 Å². The number of piperidine rings is 1. The number of hydrogen-bond donors (Lipinski definition) is 0. The molecule has 0 aliphatic carbocycles. The summed E-state index contributed by atoms with van der Waals surface area (Å²) in [5, 5.41) is 12.9. The summed E-state index contributed by atoms with van der Waals surface area (Å²) in [5.41, 5.74) is 0.328. The summed E-state index contributed by atoms with van der Waals surface area (Å²) in [6, 6.07) is 8.06. The minimum Gasteiger partial charge on any atom is -0.339 e. The first-order chi connectivity index (χ1) is 11.5. The monoisotopic (exact) mass is 346 g/mol. The summed E-state index contributed by atoms with van der Waals surface area (Å²) >= 11 is 0. The lowest BCUT2D eigenvalue weighted by Gasteiger charge is -2.30. The Bertz CT molecular complexity index is 869. The van der Waals surface area contributed by atoms with Crippen LogP contribution in [0.1, 0.15) is 43.0 Å². The smallest absolute Gasteiger partial charge is 0.243 e. The maximum absolute atomic E-state index is 12.8. The van der Waals surface area contributed by atoms with Crippen LogP contribution in [0, 0.1) is 11.3 Å². The first-order valence-electron chi connectivity index (χ1n) is 7.87. The number of aromatic nitrogens is 2. The van der Waals surface area contributed by atoms with E-state index in [1.165, 1.54) is 16.4 Å². The highest BCUT2D eigenvalue weighted by Crippen LogP contribution is 2.29. The fourth-order valence-electron chi connectivity index (χ4n) is 2.81. The van der Waals surface area contributed by atoms with E-state index in [4.69, 9.17) is 9.78 Å². The molecule has 1 saturated heterocycles. The molecule has 1 fully saturated rings. The van der Waals surface area contributed by atoms with Crippen molar-refractivity contribution in [2.45, 2.75) is 37.0 Å². The molecule has 24 heavy (non-hydrogen) atoms. The van der Waals surface area contributed by atoms with Gasteiger partial charge >= 0.3 is 0 Å². The third kappa shape index (κ3) is 3.18. The fourth-order valence-corrected chi connectivity index (χ4v) is 4.38. The standard InChI is InChI=1S/C16H18N4O3S/c1-2-15-18-16(23-19-15)13-6-4-8-20(11-13)24(21,22)14-7-3-5-12(9-14)10-17/h3,5,7,9,13H,2,4,6,8,11H2,1H3. The highest BCUT2D eigenvalue weighted by atomic mass is 32.2. The number of benzene rings is 1. The molecule has 0 bridgehead atoms. The van der Waals surface area contributed by atoms with E-state index < -0.39 is 10.0 Å². The normalized spacial score (nSPS) is 19.1. The van der Waals surface area contributed by atoms with Gasteiger partial charge in [-0.15, -0.1) is 0 Å². The molecule has 0 saturated carbocycles. The summed E-state index contributed by atoms with van der Waals surface area (Å²) in [6.45, 7) is 2.70. The Morgan fingerprint density at radius 1 is 1.46 bits per heavy atom. The molecule has 2 heterocycles. The Kier molecular flexibility index (Phi) is 4.64. The largest absolute Gasteiger partial charge is 0.339 e. The molecule has 1 aromatic carbocycles. The quantitative estimate of drug-likeness (QED) is 0.840. The van der Waals surface area contributed by atoms with Gasteiger partial charge < -0.3 is 4.52 Å². The van der Waals surface area contributed by atoms with Crippen LogP contribution >= 0.6 is 0 Å². The van der Waals surface area contributed by atoms with Gasteiger partial charge in [0.15, 0.2) is 5.82 Å². The Hall–Kier alpha value is -2.24. The third-order valence-electron chi connectivity index (χ3n) is 4.13. The minimum absolute atomic E-state index is 0.0968. The molecule has 8 heteroatoms. The molecule has 126 valence electrons. The van der Waals surface area contributed by atoms with Crippen LogP contribution < -0.4 is 0 Å². The van der Waals surface area contributed by atoms with Crippen molar-refractivity contribution in [3.8, 4) is 6.07 Å². The van der Waals surface area contributed by atoms with Crippen molar-refractivity contribution in [1.82, 2.24) is 14.4 Å². The van der Waals surface area contributed by atoms with E-state index in [1.807, 2.05) is 13.0 Å². The molecule has 3 rings (SSSR count). The van der Waals surface area contributed by atoms with Gasteiger partial charge in [0, 0.05) is 19.5 Å². The van der Waals surface area contributed by atoms with E-state index >= 15 is 0 Å². The zero-order valence-electron chi connectivity index (χ0n) is 13.3. The summed E-state index contributed by atoms with van der Waals surface area (Å²) < 4.78 is 32.4. The molecule has 0 amide bonds. The van der Waals surface area contributed by atoms with Gasteiger partial charge in [-0.3, -0.25) is 0 Å². The Morgan fingerprint density at radius 2 is 2.29 bits per heavy atom. The van der Waals surface area contributed by atoms with E-state index in [0.29, 0.717) is 36.8 Å². The zero-order valence-corrected chi connectivity index (χ0v) is 14.2. The van der Waals surface area contributed by atoms with Crippen LogP contribution in [0.2, 0.25) is 0 Å². The maximum atomic E-state index is 12.8.